The highest BCUT2D eigenvalue weighted by atomic mass is 32.2. The second-order valence-corrected chi connectivity index (χ2v) is 9.13. The number of amides is 1. The fourth-order valence-corrected chi connectivity index (χ4v) is 5.32. The van der Waals surface area contributed by atoms with E-state index in [1.54, 1.807) is 30.3 Å². The molecule has 0 saturated carbocycles. The Morgan fingerprint density at radius 2 is 1.80 bits per heavy atom. The molecule has 1 aromatic heterocycles. The number of aromatic amines is 1. The van der Waals surface area contributed by atoms with Gasteiger partial charge in [-0.25, -0.2) is 8.42 Å². The molecular weight excluding hydrogens is 402 g/mol. The van der Waals surface area contributed by atoms with Crippen LogP contribution in [-0.2, 0) is 27.7 Å². The monoisotopic (exact) mass is 425 g/mol. The maximum Gasteiger partial charge on any atom is 0.262 e. The van der Waals surface area contributed by atoms with Crippen LogP contribution in [0.2, 0.25) is 0 Å². The number of hydrogen-bond acceptors (Lipinski definition) is 4. The first-order chi connectivity index (χ1) is 14.3. The first kappa shape index (κ1) is 20.2. The fourth-order valence-electron chi connectivity index (χ4n) is 3.94. The van der Waals surface area contributed by atoms with Crippen LogP contribution in [-0.4, -0.2) is 25.1 Å². The first-order valence-corrected chi connectivity index (χ1v) is 11.4. The lowest BCUT2D eigenvalue weighted by molar-refractivity contribution is -0.114. The Kier molecular flexibility index (Phi) is 5.11. The number of rotatable bonds is 5. The summed E-state index contributed by atoms with van der Waals surface area (Å²) < 4.78 is 28.9. The molecule has 1 amide bonds. The summed E-state index contributed by atoms with van der Waals surface area (Å²) in [5.74, 6) is -0.0890. The Labute approximate surface area is 174 Å². The zero-order chi connectivity index (χ0) is 21.5. The Balaban J connectivity index is 1.72. The SMILES string of the molecule is CCc1cc2c3c([nH]c2cc1S(=O)(=O)Nc1ccc(NC(C)=O)cc1)CCCC3=O. The molecule has 0 atom stereocenters. The molecule has 0 spiro atoms. The molecule has 0 radical (unpaired) electrons. The number of ketones is 1. The largest absolute Gasteiger partial charge is 0.358 e. The number of carbonyl (C=O) groups is 2. The lowest BCUT2D eigenvalue weighted by atomic mass is 9.94. The number of carbonyl (C=O) groups excluding carboxylic acids is 2. The number of aryl methyl sites for hydroxylation is 2. The van der Waals surface area contributed by atoms with Gasteiger partial charge in [0.1, 0.15) is 0 Å². The predicted molar refractivity (Wildman–Crippen MR) is 116 cm³/mol. The van der Waals surface area contributed by atoms with Crippen LogP contribution in [0, 0.1) is 0 Å². The molecule has 7 nitrogen and oxygen atoms in total. The Hall–Kier alpha value is -3.13. The molecule has 30 heavy (non-hydrogen) atoms. The van der Waals surface area contributed by atoms with E-state index < -0.39 is 10.0 Å². The summed E-state index contributed by atoms with van der Waals surface area (Å²) in [4.78, 5) is 27.0. The van der Waals surface area contributed by atoms with E-state index in [0.29, 0.717) is 40.9 Å². The van der Waals surface area contributed by atoms with E-state index >= 15 is 0 Å². The van der Waals surface area contributed by atoms with Crippen molar-refractivity contribution in [3.63, 3.8) is 0 Å². The first-order valence-electron chi connectivity index (χ1n) is 9.89. The number of H-pyrrole nitrogens is 1. The van der Waals surface area contributed by atoms with Crippen molar-refractivity contribution in [2.24, 2.45) is 0 Å². The Morgan fingerprint density at radius 1 is 1.10 bits per heavy atom. The molecular formula is C22H23N3O4S. The minimum atomic E-state index is -3.84. The molecule has 0 unspecified atom stereocenters. The average Bonchev–Trinajstić information content (AvgIpc) is 3.06. The van der Waals surface area contributed by atoms with Gasteiger partial charge in [0, 0.05) is 46.9 Å². The minimum absolute atomic E-state index is 0.109. The van der Waals surface area contributed by atoms with Crippen LogP contribution in [0.1, 0.15) is 48.3 Å². The lowest BCUT2D eigenvalue weighted by Crippen LogP contribution is -2.15. The summed E-state index contributed by atoms with van der Waals surface area (Å²) in [5.41, 5.74) is 3.89. The molecule has 0 saturated heterocycles. The predicted octanol–water partition coefficient (Wildman–Crippen LogP) is 4.01. The van der Waals surface area contributed by atoms with Gasteiger partial charge in [0.05, 0.1) is 4.90 Å². The van der Waals surface area contributed by atoms with Crippen LogP contribution in [0.25, 0.3) is 10.9 Å². The van der Waals surface area contributed by atoms with E-state index in [4.69, 9.17) is 0 Å². The van der Waals surface area contributed by atoms with Crippen molar-refractivity contribution in [1.82, 2.24) is 4.98 Å². The smallest absolute Gasteiger partial charge is 0.262 e. The number of sulfonamides is 1. The third-order valence-corrected chi connectivity index (χ3v) is 6.76. The molecule has 0 aliphatic heterocycles. The molecule has 1 aliphatic carbocycles. The second kappa shape index (κ2) is 7.60. The van der Waals surface area contributed by atoms with Gasteiger partial charge in [0.2, 0.25) is 5.91 Å². The van der Waals surface area contributed by atoms with Gasteiger partial charge in [0.15, 0.2) is 5.78 Å². The van der Waals surface area contributed by atoms with E-state index in [1.807, 2.05) is 13.0 Å². The van der Waals surface area contributed by atoms with Crippen molar-refractivity contribution in [3.8, 4) is 0 Å². The van der Waals surface area contributed by atoms with Crippen molar-refractivity contribution in [2.45, 2.75) is 44.4 Å². The Morgan fingerprint density at radius 3 is 2.47 bits per heavy atom. The van der Waals surface area contributed by atoms with Gasteiger partial charge in [0.25, 0.3) is 10.0 Å². The minimum Gasteiger partial charge on any atom is -0.358 e. The van der Waals surface area contributed by atoms with E-state index in [0.717, 1.165) is 23.9 Å². The highest BCUT2D eigenvalue weighted by Crippen LogP contribution is 2.33. The summed E-state index contributed by atoms with van der Waals surface area (Å²) in [6, 6.07) is 9.90. The standard InChI is InChI=1S/C22H23N3O4S/c1-3-14-11-17-19(24-18-5-4-6-20(27)22(17)18)12-21(14)30(28,29)25-16-9-7-15(8-10-16)23-13(2)26/h7-12,24-25H,3-6H2,1-2H3,(H,23,26). The molecule has 8 heteroatoms. The lowest BCUT2D eigenvalue weighted by Gasteiger charge is -2.13. The normalized spacial score (nSPS) is 13.9. The molecule has 0 bridgehead atoms. The maximum atomic E-state index is 13.1. The van der Waals surface area contributed by atoms with E-state index in [-0.39, 0.29) is 16.6 Å². The van der Waals surface area contributed by atoms with Gasteiger partial charge in [-0.2, -0.15) is 0 Å². The highest BCUT2D eigenvalue weighted by molar-refractivity contribution is 7.92. The fraction of sp³-hybridized carbons (Fsp3) is 0.273. The van der Waals surface area contributed by atoms with Crippen LogP contribution < -0.4 is 10.0 Å². The van der Waals surface area contributed by atoms with Crippen molar-refractivity contribution in [1.29, 1.82) is 0 Å². The third-order valence-electron chi connectivity index (χ3n) is 5.29. The number of hydrogen-bond donors (Lipinski definition) is 3. The topological polar surface area (TPSA) is 108 Å². The Bertz CT molecular complexity index is 1260. The van der Waals surface area contributed by atoms with Gasteiger partial charge in [-0.3, -0.25) is 14.3 Å². The average molecular weight is 426 g/mol. The van der Waals surface area contributed by atoms with E-state index in [1.165, 1.54) is 6.92 Å². The number of nitrogens with one attached hydrogen (secondary N) is 3. The van der Waals surface area contributed by atoms with Crippen molar-refractivity contribution < 1.29 is 18.0 Å². The summed E-state index contributed by atoms with van der Waals surface area (Å²) in [5, 5.41) is 3.44. The molecule has 1 heterocycles. The second-order valence-electron chi connectivity index (χ2n) is 7.48. The van der Waals surface area contributed by atoms with E-state index in [9.17, 15) is 18.0 Å². The third kappa shape index (κ3) is 3.70. The number of Topliss-reactive ketones (excluding diaryl/α,β-unsaturated/α-hetero) is 1. The molecule has 2 aromatic carbocycles. The maximum absolute atomic E-state index is 13.1. The molecule has 0 fully saturated rings. The van der Waals surface area contributed by atoms with Gasteiger partial charge >= 0.3 is 0 Å². The molecule has 1 aliphatic rings. The summed E-state index contributed by atoms with van der Waals surface area (Å²) >= 11 is 0. The van der Waals surface area contributed by atoms with Crippen molar-refractivity contribution in [3.05, 3.63) is 53.2 Å². The van der Waals surface area contributed by atoms with Crippen LogP contribution >= 0.6 is 0 Å². The molecule has 3 N–H and O–H groups in total. The number of anilines is 2. The van der Waals surface area contributed by atoms with Gasteiger partial charge < -0.3 is 10.3 Å². The van der Waals surface area contributed by atoms with Crippen molar-refractivity contribution in [2.75, 3.05) is 10.0 Å². The quantitative estimate of drug-likeness (QED) is 0.574. The molecule has 3 aromatic rings. The van der Waals surface area contributed by atoms with Crippen LogP contribution in [0.5, 0.6) is 0 Å². The number of benzene rings is 2. The number of fused-ring (bicyclic) bond motifs is 3. The molecule has 156 valence electrons. The van der Waals surface area contributed by atoms with E-state index in [2.05, 4.69) is 15.0 Å². The zero-order valence-electron chi connectivity index (χ0n) is 16.8. The zero-order valence-corrected chi connectivity index (χ0v) is 17.7. The number of aromatic nitrogens is 1. The van der Waals surface area contributed by atoms with Gasteiger partial charge in [-0.1, -0.05) is 6.92 Å². The summed E-state index contributed by atoms with van der Waals surface area (Å²) in [6.45, 7) is 3.30. The summed E-state index contributed by atoms with van der Waals surface area (Å²) in [7, 11) is -3.84. The highest BCUT2D eigenvalue weighted by Gasteiger charge is 2.26. The van der Waals surface area contributed by atoms with Crippen LogP contribution in [0.3, 0.4) is 0 Å². The van der Waals surface area contributed by atoms with Crippen molar-refractivity contribution >= 4 is 44.0 Å². The van der Waals surface area contributed by atoms with Crippen LogP contribution in [0.15, 0.2) is 41.3 Å². The van der Waals surface area contributed by atoms with Crippen LogP contribution in [0.4, 0.5) is 11.4 Å². The summed E-state index contributed by atoms with van der Waals surface area (Å²) in [6.07, 6.45) is 2.64. The van der Waals surface area contributed by atoms with Gasteiger partial charge in [-0.05, 0) is 61.2 Å². The molecule has 4 rings (SSSR count). The van der Waals surface area contributed by atoms with Gasteiger partial charge in [-0.15, -0.1) is 0 Å².